The Labute approximate surface area is 141 Å². The van der Waals surface area contributed by atoms with Gasteiger partial charge in [0.05, 0.1) is 23.2 Å². The number of rotatable bonds is 5. The third kappa shape index (κ3) is 4.04. The molecule has 0 aliphatic rings. The van der Waals surface area contributed by atoms with Crippen molar-refractivity contribution in [1.29, 1.82) is 0 Å². The zero-order chi connectivity index (χ0) is 15.4. The summed E-state index contributed by atoms with van der Waals surface area (Å²) >= 11 is 15.4. The predicted octanol–water partition coefficient (Wildman–Crippen LogP) is 4.84. The van der Waals surface area contributed by atoms with E-state index in [9.17, 15) is 5.11 Å². The number of methoxy groups -OCH3 is 1. The fourth-order valence-corrected chi connectivity index (χ4v) is 3.03. The fraction of sp³-hybridized carbons (Fsp3) is 0.200. The molecule has 0 aliphatic heterocycles. The van der Waals surface area contributed by atoms with Crippen molar-refractivity contribution in [3.05, 3.63) is 56.0 Å². The third-order valence-corrected chi connectivity index (χ3v) is 3.97. The number of hydrogen-bond donors (Lipinski definition) is 1. The first kappa shape index (κ1) is 16.4. The molecule has 0 unspecified atom stereocenters. The van der Waals surface area contributed by atoms with E-state index in [1.165, 1.54) is 0 Å². The molecule has 6 heteroatoms. The molecule has 0 spiro atoms. The van der Waals surface area contributed by atoms with Crippen LogP contribution in [0.5, 0.6) is 11.5 Å². The van der Waals surface area contributed by atoms with Crippen LogP contribution in [0.3, 0.4) is 0 Å². The van der Waals surface area contributed by atoms with Crippen LogP contribution in [-0.2, 0) is 13.2 Å². The van der Waals surface area contributed by atoms with Gasteiger partial charge in [-0.25, -0.2) is 0 Å². The van der Waals surface area contributed by atoms with E-state index in [1.54, 1.807) is 19.2 Å². The topological polar surface area (TPSA) is 38.7 Å². The van der Waals surface area contributed by atoms with Gasteiger partial charge in [0, 0.05) is 10.6 Å². The molecule has 3 nitrogen and oxygen atoms in total. The van der Waals surface area contributed by atoms with Crippen molar-refractivity contribution < 1.29 is 14.6 Å². The van der Waals surface area contributed by atoms with Crippen molar-refractivity contribution in [2.45, 2.75) is 13.2 Å². The SMILES string of the molecule is COc1ccc(COc2c(Cl)cc(Cl)cc2CO)cc1Br. The number of aliphatic hydroxyl groups is 1. The highest BCUT2D eigenvalue weighted by Crippen LogP contribution is 2.33. The maximum Gasteiger partial charge on any atom is 0.144 e. The summed E-state index contributed by atoms with van der Waals surface area (Å²) < 4.78 is 11.7. The van der Waals surface area contributed by atoms with Gasteiger partial charge in [-0.05, 0) is 45.8 Å². The summed E-state index contributed by atoms with van der Waals surface area (Å²) in [6.45, 7) is 0.124. The smallest absolute Gasteiger partial charge is 0.144 e. The molecule has 0 radical (unpaired) electrons. The summed E-state index contributed by atoms with van der Waals surface area (Å²) in [5, 5.41) is 10.2. The quantitative estimate of drug-likeness (QED) is 0.792. The molecule has 0 heterocycles. The van der Waals surface area contributed by atoms with Gasteiger partial charge in [0.2, 0.25) is 0 Å². The van der Waals surface area contributed by atoms with Crippen molar-refractivity contribution in [3.63, 3.8) is 0 Å². The van der Waals surface area contributed by atoms with Crippen molar-refractivity contribution in [3.8, 4) is 11.5 Å². The van der Waals surface area contributed by atoms with Crippen LogP contribution in [0.25, 0.3) is 0 Å². The second kappa shape index (κ2) is 7.36. The van der Waals surface area contributed by atoms with Crippen LogP contribution < -0.4 is 9.47 Å². The molecule has 2 aromatic carbocycles. The Morgan fingerprint density at radius 1 is 1.19 bits per heavy atom. The normalized spacial score (nSPS) is 10.5. The maximum atomic E-state index is 9.36. The van der Waals surface area contributed by atoms with Gasteiger partial charge in [0.15, 0.2) is 0 Å². The van der Waals surface area contributed by atoms with Crippen molar-refractivity contribution in [2.24, 2.45) is 0 Å². The second-order valence-corrected chi connectivity index (χ2v) is 5.99. The van der Waals surface area contributed by atoms with Gasteiger partial charge in [0.25, 0.3) is 0 Å². The number of hydrogen-bond acceptors (Lipinski definition) is 3. The molecule has 2 rings (SSSR count). The number of aliphatic hydroxyl groups excluding tert-OH is 1. The third-order valence-electron chi connectivity index (χ3n) is 2.86. The highest BCUT2D eigenvalue weighted by Gasteiger charge is 2.11. The standard InChI is InChI=1S/C15H13BrCl2O3/c1-20-14-3-2-9(4-12(14)16)8-21-15-10(7-19)5-11(17)6-13(15)18/h2-6,19H,7-8H2,1H3. The van der Waals surface area contributed by atoms with E-state index in [0.29, 0.717) is 28.0 Å². The van der Waals surface area contributed by atoms with Gasteiger partial charge in [-0.15, -0.1) is 0 Å². The Kier molecular flexibility index (Phi) is 5.76. The largest absolute Gasteiger partial charge is 0.496 e. The van der Waals surface area contributed by atoms with Gasteiger partial charge in [-0.1, -0.05) is 29.3 Å². The van der Waals surface area contributed by atoms with E-state index in [1.807, 2.05) is 18.2 Å². The van der Waals surface area contributed by atoms with Gasteiger partial charge >= 0.3 is 0 Å². The monoisotopic (exact) mass is 390 g/mol. The molecule has 1 N–H and O–H groups in total. The molecule has 0 saturated heterocycles. The Morgan fingerprint density at radius 3 is 2.57 bits per heavy atom. The summed E-state index contributed by atoms with van der Waals surface area (Å²) in [5.74, 6) is 1.19. The van der Waals surface area contributed by atoms with Crippen LogP contribution in [0.1, 0.15) is 11.1 Å². The van der Waals surface area contributed by atoms with Crippen LogP contribution in [0, 0.1) is 0 Å². The Hall–Kier alpha value is -0.940. The van der Waals surface area contributed by atoms with E-state index in [2.05, 4.69) is 15.9 Å². The predicted molar refractivity (Wildman–Crippen MR) is 87.4 cm³/mol. The lowest BCUT2D eigenvalue weighted by molar-refractivity contribution is 0.259. The summed E-state index contributed by atoms with van der Waals surface area (Å²) in [4.78, 5) is 0. The Bertz CT molecular complexity index is 647. The molecule has 0 fully saturated rings. The summed E-state index contributed by atoms with van der Waals surface area (Å²) in [7, 11) is 1.61. The molecule has 0 bridgehead atoms. The first-order chi connectivity index (χ1) is 10.0. The average Bonchev–Trinajstić information content (AvgIpc) is 2.45. The first-order valence-electron chi connectivity index (χ1n) is 6.09. The molecule has 0 atom stereocenters. The summed E-state index contributed by atoms with van der Waals surface area (Å²) in [6.07, 6.45) is 0. The van der Waals surface area contributed by atoms with Crippen molar-refractivity contribution >= 4 is 39.1 Å². The maximum absolute atomic E-state index is 9.36. The number of halogens is 3. The molecule has 2 aromatic rings. The lowest BCUT2D eigenvalue weighted by Crippen LogP contribution is -2.00. The fourth-order valence-electron chi connectivity index (χ4n) is 1.85. The minimum atomic E-state index is -0.193. The lowest BCUT2D eigenvalue weighted by atomic mass is 10.2. The van der Waals surface area contributed by atoms with E-state index in [4.69, 9.17) is 32.7 Å². The molecule has 0 aliphatic carbocycles. The molecule has 0 saturated carbocycles. The Balaban J connectivity index is 2.18. The molecule has 0 aromatic heterocycles. The van der Waals surface area contributed by atoms with Gasteiger partial charge in [-0.3, -0.25) is 0 Å². The van der Waals surface area contributed by atoms with E-state index < -0.39 is 0 Å². The van der Waals surface area contributed by atoms with Crippen LogP contribution >= 0.6 is 39.1 Å². The van der Waals surface area contributed by atoms with E-state index in [0.717, 1.165) is 15.8 Å². The summed E-state index contributed by atoms with van der Waals surface area (Å²) in [6, 6.07) is 8.86. The van der Waals surface area contributed by atoms with Crippen LogP contribution in [0.4, 0.5) is 0 Å². The van der Waals surface area contributed by atoms with Crippen LogP contribution in [0.2, 0.25) is 10.0 Å². The molecule has 21 heavy (non-hydrogen) atoms. The molecule has 112 valence electrons. The van der Waals surface area contributed by atoms with E-state index in [-0.39, 0.29) is 6.61 Å². The zero-order valence-electron chi connectivity index (χ0n) is 11.2. The van der Waals surface area contributed by atoms with Crippen molar-refractivity contribution in [2.75, 3.05) is 7.11 Å². The van der Waals surface area contributed by atoms with Crippen LogP contribution in [-0.4, -0.2) is 12.2 Å². The van der Waals surface area contributed by atoms with Gasteiger partial charge < -0.3 is 14.6 Å². The molecule has 0 amide bonds. The molecular weight excluding hydrogens is 379 g/mol. The van der Waals surface area contributed by atoms with Crippen molar-refractivity contribution in [1.82, 2.24) is 0 Å². The minimum absolute atomic E-state index is 0.193. The minimum Gasteiger partial charge on any atom is -0.496 e. The van der Waals surface area contributed by atoms with Gasteiger partial charge in [0.1, 0.15) is 18.1 Å². The number of benzene rings is 2. The Morgan fingerprint density at radius 2 is 1.95 bits per heavy atom. The highest BCUT2D eigenvalue weighted by atomic mass is 79.9. The average molecular weight is 392 g/mol. The highest BCUT2D eigenvalue weighted by molar-refractivity contribution is 9.10. The lowest BCUT2D eigenvalue weighted by Gasteiger charge is -2.13. The molecular formula is C15H13BrCl2O3. The first-order valence-corrected chi connectivity index (χ1v) is 7.64. The second-order valence-electron chi connectivity index (χ2n) is 4.29. The van der Waals surface area contributed by atoms with Crippen LogP contribution in [0.15, 0.2) is 34.8 Å². The van der Waals surface area contributed by atoms with Gasteiger partial charge in [-0.2, -0.15) is 0 Å². The zero-order valence-corrected chi connectivity index (χ0v) is 14.3. The van der Waals surface area contributed by atoms with E-state index >= 15 is 0 Å². The number of ether oxygens (including phenoxy) is 2. The summed E-state index contributed by atoms with van der Waals surface area (Å²) in [5.41, 5.74) is 1.50.